The van der Waals surface area contributed by atoms with E-state index in [2.05, 4.69) is 40.7 Å². The molecule has 0 aromatic rings. The highest BCUT2D eigenvalue weighted by Gasteiger charge is 2.70. The summed E-state index contributed by atoms with van der Waals surface area (Å²) in [6, 6.07) is 0. The molecule has 14 nitrogen and oxygen atoms in total. The van der Waals surface area contributed by atoms with Crippen molar-refractivity contribution in [2.75, 3.05) is 6.61 Å². The van der Waals surface area contributed by atoms with Gasteiger partial charge in [0.1, 0.15) is 36.6 Å². The molecule has 0 aromatic heterocycles. The Bertz CT molecular complexity index is 1470. The van der Waals surface area contributed by atoms with Crippen LogP contribution in [0.3, 0.4) is 0 Å². The molecule has 2 saturated heterocycles. The van der Waals surface area contributed by atoms with E-state index in [4.69, 9.17) is 18.9 Å². The number of aliphatic hydroxyl groups is 8. The number of carbonyl (C=O) groups is 1. The average molecular weight is 769 g/mol. The molecule has 14 heteroatoms. The predicted octanol–water partition coefficient (Wildman–Crippen LogP) is 1.77. The molecule has 0 bridgehead atoms. The molecule has 9 N–H and O–H groups in total. The first-order valence-corrected chi connectivity index (χ1v) is 20.0. The minimum Gasteiger partial charge on any atom is -0.481 e. The highest BCUT2D eigenvalue weighted by molar-refractivity contribution is 5.76. The van der Waals surface area contributed by atoms with Gasteiger partial charge in [-0.1, -0.05) is 53.2 Å². The number of carboxylic acid groups (broad SMARTS) is 1. The van der Waals surface area contributed by atoms with Crippen LogP contribution < -0.4 is 0 Å². The number of aliphatic carboxylic acids is 1. The maximum absolute atomic E-state index is 13.0. The summed E-state index contributed by atoms with van der Waals surface area (Å²) in [5.74, 6) is -0.428. The van der Waals surface area contributed by atoms with Crippen molar-refractivity contribution in [1.29, 1.82) is 0 Å². The second-order valence-corrected chi connectivity index (χ2v) is 19.8. The summed E-state index contributed by atoms with van der Waals surface area (Å²) in [7, 11) is 0. The van der Waals surface area contributed by atoms with Gasteiger partial charge in [-0.05, 0) is 104 Å². The van der Waals surface area contributed by atoms with E-state index < -0.39 is 84.7 Å². The summed E-state index contributed by atoms with van der Waals surface area (Å²) in [6.07, 6.45) is -8.41. The van der Waals surface area contributed by atoms with E-state index in [0.29, 0.717) is 19.3 Å². The van der Waals surface area contributed by atoms with Crippen molar-refractivity contribution in [3.8, 4) is 0 Å². The fourth-order valence-corrected chi connectivity index (χ4v) is 13.2. The van der Waals surface area contributed by atoms with Crippen LogP contribution in [0.1, 0.15) is 106 Å². The van der Waals surface area contributed by atoms with E-state index in [0.717, 1.165) is 44.9 Å². The molecular weight excluding hydrogens is 704 g/mol. The number of allylic oxidation sites excluding steroid dienone is 2. The van der Waals surface area contributed by atoms with Gasteiger partial charge in [0.05, 0.1) is 18.1 Å². The van der Waals surface area contributed by atoms with Gasteiger partial charge >= 0.3 is 5.97 Å². The van der Waals surface area contributed by atoms with Crippen molar-refractivity contribution in [1.82, 2.24) is 0 Å². The minimum absolute atomic E-state index is 0.000700. The van der Waals surface area contributed by atoms with Crippen LogP contribution >= 0.6 is 0 Å². The number of aliphatic hydroxyl groups excluding tert-OH is 8. The number of hydrogen-bond acceptors (Lipinski definition) is 13. The zero-order chi connectivity index (χ0) is 39.6. The van der Waals surface area contributed by atoms with Crippen molar-refractivity contribution >= 4 is 5.97 Å². The number of rotatable bonds is 6. The van der Waals surface area contributed by atoms with E-state index >= 15 is 0 Å². The number of carboxylic acids is 1. The molecular formula is C40H64O14. The monoisotopic (exact) mass is 768 g/mol. The first-order valence-electron chi connectivity index (χ1n) is 20.0. The van der Waals surface area contributed by atoms with Gasteiger partial charge in [0.25, 0.3) is 0 Å². The molecule has 54 heavy (non-hydrogen) atoms. The molecule has 7 rings (SSSR count). The van der Waals surface area contributed by atoms with Gasteiger partial charge < -0.3 is 64.9 Å². The topological polar surface area (TPSA) is 236 Å². The summed E-state index contributed by atoms with van der Waals surface area (Å²) >= 11 is 0. The van der Waals surface area contributed by atoms with Gasteiger partial charge in [-0.15, -0.1) is 0 Å². The second kappa shape index (κ2) is 13.7. The molecule has 5 aliphatic carbocycles. The maximum atomic E-state index is 13.0. The van der Waals surface area contributed by atoms with Crippen LogP contribution in [0.2, 0.25) is 0 Å². The van der Waals surface area contributed by atoms with Crippen LogP contribution in [-0.2, 0) is 23.7 Å². The molecule has 2 aliphatic heterocycles. The lowest BCUT2D eigenvalue weighted by Crippen LogP contribution is -2.67. The number of fused-ring (bicyclic) bond motifs is 7. The van der Waals surface area contributed by atoms with E-state index in [1.54, 1.807) is 0 Å². The predicted molar refractivity (Wildman–Crippen MR) is 190 cm³/mol. The molecule has 10 unspecified atom stereocenters. The van der Waals surface area contributed by atoms with Crippen LogP contribution in [0.5, 0.6) is 0 Å². The van der Waals surface area contributed by atoms with Crippen LogP contribution in [0, 0.1) is 50.2 Å². The lowest BCUT2D eigenvalue weighted by molar-refractivity contribution is -0.406. The summed E-state index contributed by atoms with van der Waals surface area (Å²) in [5.41, 5.74) is -0.664. The molecule has 0 radical (unpaired) electrons. The van der Waals surface area contributed by atoms with E-state index in [-0.39, 0.29) is 46.0 Å². The number of ether oxygens (including phenoxy) is 4. The Balaban J connectivity index is 1.16. The standard InChI is InChI=1S/C40H64O14/c1-35(2)13-15-40(34(49)50)16-14-38(5)19(20(40)17-35)7-8-22-36(3)11-10-23(37(4,18-41)21(36)9-12-39(22,38)6)51-33-29(25(43)27(45)31(48)54-33)52-32-28(46)24(42)26(44)30(47)53-32/h7,20-33,41-48H,8-18H2,1-6H3,(H,49,50)/t20?,21?,22?,23?,24?,25?,26-,27-,28-,29-,30?,31?,32+,33+,36-,37?,38-,39+,40?/m0/s1. The summed E-state index contributed by atoms with van der Waals surface area (Å²) in [4.78, 5) is 13.0. The lowest BCUT2D eigenvalue weighted by atomic mass is 9.33. The van der Waals surface area contributed by atoms with Crippen LogP contribution in [0.25, 0.3) is 0 Å². The Morgan fingerprint density at radius 1 is 0.741 bits per heavy atom. The van der Waals surface area contributed by atoms with Crippen molar-refractivity contribution < 1.29 is 69.7 Å². The SMILES string of the molecule is CC1(C)CCC2(C(=O)O)CC[C@@]3(C)C(=CCC4[C@@]5(C)CCC(O[C@@H]6OC(O)[C@@H](O)C(O)[C@@H]6O[C@@H]6OC(O)[C@@H](O)C(O)[C@@H]6O)C(C)(CO)C5CC[C@]43C)C2C1. The minimum atomic E-state index is -1.92. The molecule has 6 fully saturated rings. The lowest BCUT2D eigenvalue weighted by Gasteiger charge is -2.71. The molecule has 7 aliphatic rings. The van der Waals surface area contributed by atoms with Gasteiger partial charge in [0.15, 0.2) is 25.2 Å². The third-order valence-electron chi connectivity index (χ3n) is 16.8. The molecule has 0 aromatic carbocycles. The second-order valence-electron chi connectivity index (χ2n) is 19.8. The van der Waals surface area contributed by atoms with E-state index in [9.17, 15) is 50.8 Å². The van der Waals surface area contributed by atoms with Gasteiger partial charge in [0.2, 0.25) is 0 Å². The Kier molecular flexibility index (Phi) is 10.3. The zero-order valence-electron chi connectivity index (χ0n) is 32.5. The normalized spacial score (nSPS) is 55.7. The Morgan fingerprint density at radius 2 is 1.37 bits per heavy atom. The molecule has 0 spiro atoms. The fourth-order valence-electron chi connectivity index (χ4n) is 13.2. The third-order valence-corrected chi connectivity index (χ3v) is 16.8. The molecule has 19 atom stereocenters. The molecule has 4 saturated carbocycles. The summed E-state index contributed by atoms with van der Waals surface area (Å²) in [5, 5.41) is 94.9. The van der Waals surface area contributed by atoms with Gasteiger partial charge in [0, 0.05) is 5.41 Å². The van der Waals surface area contributed by atoms with Crippen molar-refractivity contribution in [2.24, 2.45) is 50.2 Å². The van der Waals surface area contributed by atoms with E-state index in [1.165, 1.54) is 5.57 Å². The smallest absolute Gasteiger partial charge is 0.310 e. The van der Waals surface area contributed by atoms with Gasteiger partial charge in [-0.25, -0.2) is 0 Å². The highest BCUT2D eigenvalue weighted by atomic mass is 16.8. The highest BCUT2D eigenvalue weighted by Crippen LogP contribution is 2.76. The Labute approximate surface area is 317 Å². The van der Waals surface area contributed by atoms with E-state index in [1.807, 2.05) is 6.92 Å². The van der Waals surface area contributed by atoms with Crippen molar-refractivity contribution in [2.45, 2.75) is 174 Å². The first-order chi connectivity index (χ1) is 25.1. The van der Waals surface area contributed by atoms with Crippen LogP contribution in [0.15, 0.2) is 11.6 Å². The largest absolute Gasteiger partial charge is 0.481 e. The van der Waals surface area contributed by atoms with Gasteiger partial charge in [-0.3, -0.25) is 4.79 Å². The van der Waals surface area contributed by atoms with Gasteiger partial charge in [-0.2, -0.15) is 0 Å². The zero-order valence-corrected chi connectivity index (χ0v) is 32.5. The van der Waals surface area contributed by atoms with Crippen LogP contribution in [-0.4, -0.2) is 126 Å². The number of hydrogen-bond donors (Lipinski definition) is 9. The Morgan fingerprint density at radius 3 is 2.02 bits per heavy atom. The summed E-state index contributed by atoms with van der Waals surface area (Å²) in [6.45, 7) is 13.4. The average Bonchev–Trinajstić information content (AvgIpc) is 3.11. The molecule has 308 valence electrons. The van der Waals surface area contributed by atoms with Crippen molar-refractivity contribution in [3.05, 3.63) is 11.6 Å². The Hall–Kier alpha value is -1.27. The van der Waals surface area contributed by atoms with Crippen molar-refractivity contribution in [3.63, 3.8) is 0 Å². The quantitative estimate of drug-likeness (QED) is 0.138. The molecule has 0 amide bonds. The fraction of sp³-hybridized carbons (Fsp3) is 0.925. The maximum Gasteiger partial charge on any atom is 0.310 e. The summed E-state index contributed by atoms with van der Waals surface area (Å²) < 4.78 is 23.2. The third kappa shape index (κ3) is 5.83. The first kappa shape index (κ1) is 40.9. The van der Waals surface area contributed by atoms with Crippen LogP contribution in [0.4, 0.5) is 0 Å². The molecule has 2 heterocycles.